The molecule has 0 fully saturated rings. The van der Waals surface area contributed by atoms with Gasteiger partial charge in [-0.3, -0.25) is 4.98 Å². The van der Waals surface area contributed by atoms with Gasteiger partial charge in [-0.2, -0.15) is 0 Å². The summed E-state index contributed by atoms with van der Waals surface area (Å²) >= 11 is 0. The molecule has 0 aromatic carbocycles. The van der Waals surface area contributed by atoms with Gasteiger partial charge in [0.05, 0.1) is 6.20 Å². The van der Waals surface area contributed by atoms with E-state index in [2.05, 4.69) is 10.3 Å². The lowest BCUT2D eigenvalue weighted by atomic mass is 10.1. The van der Waals surface area contributed by atoms with E-state index in [1.807, 2.05) is 13.8 Å². The molecule has 0 saturated heterocycles. The maximum atomic E-state index is 12.9. The third kappa shape index (κ3) is 5.24. The molecule has 2 atom stereocenters. The fourth-order valence-corrected chi connectivity index (χ4v) is 1.64. The minimum Gasteiger partial charge on any atom is -0.396 e. The van der Waals surface area contributed by atoms with E-state index in [4.69, 9.17) is 5.11 Å². The van der Waals surface area contributed by atoms with Crippen LogP contribution in [0.3, 0.4) is 0 Å². The molecule has 1 aromatic heterocycles. The summed E-state index contributed by atoms with van der Waals surface area (Å²) in [7, 11) is 0. The van der Waals surface area contributed by atoms with E-state index in [1.165, 1.54) is 12.3 Å². The molecular formula is C13H21FN2O. The zero-order valence-corrected chi connectivity index (χ0v) is 10.5. The minimum atomic E-state index is -0.301. The quantitative estimate of drug-likeness (QED) is 0.719. The fraction of sp³-hybridized carbons (Fsp3) is 0.615. The number of aliphatic hydroxyl groups excluding tert-OH is 1. The largest absolute Gasteiger partial charge is 0.396 e. The van der Waals surface area contributed by atoms with E-state index in [0.717, 1.165) is 24.9 Å². The van der Waals surface area contributed by atoms with Crippen LogP contribution < -0.4 is 5.32 Å². The second-order valence-electron chi connectivity index (χ2n) is 4.54. The highest BCUT2D eigenvalue weighted by Crippen LogP contribution is 2.12. The Balaban J connectivity index is 2.28. The van der Waals surface area contributed by atoms with Gasteiger partial charge in [0.2, 0.25) is 0 Å². The van der Waals surface area contributed by atoms with Gasteiger partial charge in [0.15, 0.2) is 0 Å². The van der Waals surface area contributed by atoms with Crippen LogP contribution in [0.1, 0.15) is 38.3 Å². The van der Waals surface area contributed by atoms with Crippen LogP contribution in [0.5, 0.6) is 0 Å². The predicted molar refractivity (Wildman–Crippen MR) is 66.1 cm³/mol. The molecule has 17 heavy (non-hydrogen) atoms. The van der Waals surface area contributed by atoms with Crippen molar-refractivity contribution in [3.05, 3.63) is 29.8 Å². The van der Waals surface area contributed by atoms with Crippen LogP contribution in [0, 0.1) is 11.7 Å². The summed E-state index contributed by atoms with van der Waals surface area (Å²) in [5.74, 6) is 0.0491. The SMILES string of the molecule is CC(CO)CCCNC(C)c1cncc(F)c1. The Morgan fingerprint density at radius 2 is 2.18 bits per heavy atom. The van der Waals surface area contributed by atoms with E-state index in [1.54, 1.807) is 6.20 Å². The molecule has 0 spiro atoms. The highest BCUT2D eigenvalue weighted by molar-refractivity contribution is 5.14. The number of nitrogens with one attached hydrogen (secondary N) is 1. The maximum Gasteiger partial charge on any atom is 0.141 e. The molecule has 1 aromatic rings. The van der Waals surface area contributed by atoms with Gasteiger partial charge in [-0.1, -0.05) is 6.92 Å². The average Bonchev–Trinajstić information content (AvgIpc) is 2.34. The van der Waals surface area contributed by atoms with Crippen molar-refractivity contribution in [1.29, 1.82) is 0 Å². The number of pyridine rings is 1. The van der Waals surface area contributed by atoms with Crippen LogP contribution in [-0.2, 0) is 0 Å². The van der Waals surface area contributed by atoms with Crippen molar-refractivity contribution < 1.29 is 9.50 Å². The number of halogens is 1. The Morgan fingerprint density at radius 3 is 2.82 bits per heavy atom. The van der Waals surface area contributed by atoms with Gasteiger partial charge in [-0.25, -0.2) is 4.39 Å². The third-order valence-corrected chi connectivity index (χ3v) is 2.86. The standard InChI is InChI=1S/C13H21FN2O/c1-10(9-17)4-3-5-16-11(2)12-6-13(14)8-15-7-12/h6-8,10-11,16-17H,3-5,9H2,1-2H3. The van der Waals surface area contributed by atoms with Crippen LogP contribution >= 0.6 is 0 Å². The summed E-state index contributed by atoms with van der Waals surface area (Å²) in [6.45, 7) is 5.12. The Hall–Kier alpha value is -1.00. The van der Waals surface area contributed by atoms with Gasteiger partial charge in [0.25, 0.3) is 0 Å². The Morgan fingerprint density at radius 1 is 1.41 bits per heavy atom. The molecule has 1 heterocycles. The average molecular weight is 240 g/mol. The van der Waals surface area contributed by atoms with E-state index in [-0.39, 0.29) is 18.5 Å². The molecule has 4 heteroatoms. The summed E-state index contributed by atoms with van der Waals surface area (Å²) in [6, 6.07) is 1.60. The van der Waals surface area contributed by atoms with Crippen molar-refractivity contribution in [2.75, 3.05) is 13.2 Å². The van der Waals surface area contributed by atoms with Crippen LogP contribution in [0.4, 0.5) is 4.39 Å². The highest BCUT2D eigenvalue weighted by Gasteiger charge is 2.06. The first-order valence-corrected chi connectivity index (χ1v) is 6.08. The molecule has 2 N–H and O–H groups in total. The van der Waals surface area contributed by atoms with Crippen molar-refractivity contribution in [2.24, 2.45) is 5.92 Å². The number of aromatic nitrogens is 1. The Bertz CT molecular complexity index is 333. The molecule has 0 aliphatic heterocycles. The first kappa shape index (κ1) is 14.1. The summed E-state index contributed by atoms with van der Waals surface area (Å²) < 4.78 is 12.9. The highest BCUT2D eigenvalue weighted by atomic mass is 19.1. The van der Waals surface area contributed by atoms with Gasteiger partial charge in [-0.05, 0) is 43.9 Å². The normalized spacial score (nSPS) is 14.6. The summed E-state index contributed by atoms with van der Waals surface area (Å²) in [4.78, 5) is 3.83. The molecule has 0 bridgehead atoms. The van der Waals surface area contributed by atoms with Crippen LogP contribution in [0.25, 0.3) is 0 Å². The fourth-order valence-electron chi connectivity index (χ4n) is 1.64. The lowest BCUT2D eigenvalue weighted by Gasteiger charge is -2.14. The molecule has 0 aliphatic carbocycles. The summed E-state index contributed by atoms with van der Waals surface area (Å²) in [5.41, 5.74) is 0.861. The van der Waals surface area contributed by atoms with E-state index >= 15 is 0 Å². The molecule has 3 nitrogen and oxygen atoms in total. The number of aliphatic hydroxyl groups is 1. The van der Waals surface area contributed by atoms with Crippen LogP contribution in [0.2, 0.25) is 0 Å². The maximum absolute atomic E-state index is 12.9. The van der Waals surface area contributed by atoms with Crippen molar-refractivity contribution in [3.63, 3.8) is 0 Å². The zero-order valence-electron chi connectivity index (χ0n) is 10.5. The Labute approximate surface area is 102 Å². The topological polar surface area (TPSA) is 45.1 Å². The molecule has 96 valence electrons. The third-order valence-electron chi connectivity index (χ3n) is 2.86. The summed E-state index contributed by atoms with van der Waals surface area (Å²) in [6.07, 6.45) is 4.89. The molecule has 0 saturated carbocycles. The lowest BCUT2D eigenvalue weighted by molar-refractivity contribution is 0.227. The molecule has 0 amide bonds. The zero-order chi connectivity index (χ0) is 12.7. The summed E-state index contributed by atoms with van der Waals surface area (Å²) in [5, 5.41) is 12.2. The van der Waals surface area contributed by atoms with E-state index < -0.39 is 0 Å². The first-order chi connectivity index (χ1) is 8.13. The van der Waals surface area contributed by atoms with Gasteiger partial charge in [-0.15, -0.1) is 0 Å². The molecular weight excluding hydrogens is 219 g/mol. The molecule has 2 unspecified atom stereocenters. The van der Waals surface area contributed by atoms with Crippen molar-refractivity contribution >= 4 is 0 Å². The number of hydrogen-bond acceptors (Lipinski definition) is 3. The number of nitrogens with zero attached hydrogens (tertiary/aromatic N) is 1. The van der Waals surface area contributed by atoms with Crippen LogP contribution in [-0.4, -0.2) is 23.2 Å². The smallest absolute Gasteiger partial charge is 0.141 e. The van der Waals surface area contributed by atoms with Crippen molar-refractivity contribution in [2.45, 2.75) is 32.7 Å². The van der Waals surface area contributed by atoms with E-state index in [0.29, 0.717) is 5.92 Å². The Kier molecular flexibility index (Phi) is 6.08. The first-order valence-electron chi connectivity index (χ1n) is 6.08. The number of rotatable bonds is 7. The number of hydrogen-bond donors (Lipinski definition) is 2. The molecule has 0 radical (unpaired) electrons. The van der Waals surface area contributed by atoms with Crippen LogP contribution in [0.15, 0.2) is 18.5 Å². The molecule has 0 aliphatic rings. The lowest BCUT2D eigenvalue weighted by Crippen LogP contribution is -2.20. The monoisotopic (exact) mass is 240 g/mol. The minimum absolute atomic E-state index is 0.0997. The van der Waals surface area contributed by atoms with Crippen molar-refractivity contribution in [3.8, 4) is 0 Å². The van der Waals surface area contributed by atoms with Gasteiger partial charge >= 0.3 is 0 Å². The predicted octanol–water partition coefficient (Wildman–Crippen LogP) is 2.28. The van der Waals surface area contributed by atoms with Gasteiger partial charge in [0, 0.05) is 18.8 Å². The van der Waals surface area contributed by atoms with Crippen molar-refractivity contribution in [1.82, 2.24) is 10.3 Å². The van der Waals surface area contributed by atoms with E-state index in [9.17, 15) is 4.39 Å². The van der Waals surface area contributed by atoms with Gasteiger partial charge in [0.1, 0.15) is 5.82 Å². The second kappa shape index (κ2) is 7.35. The molecule has 1 rings (SSSR count). The second-order valence-corrected chi connectivity index (χ2v) is 4.54. The van der Waals surface area contributed by atoms with Gasteiger partial charge < -0.3 is 10.4 Å².